The zero-order valence-electron chi connectivity index (χ0n) is 23.7. The highest BCUT2D eigenvalue weighted by molar-refractivity contribution is 7.92. The largest absolute Gasteiger partial charge is 0.495 e. The van der Waals surface area contributed by atoms with Crippen molar-refractivity contribution in [3.63, 3.8) is 0 Å². The Labute approximate surface area is 252 Å². The average molecular weight is 621 g/mol. The van der Waals surface area contributed by atoms with E-state index in [4.69, 9.17) is 27.9 Å². The summed E-state index contributed by atoms with van der Waals surface area (Å²) in [5, 5.41) is 3.72. The lowest BCUT2D eigenvalue weighted by Gasteiger charge is -2.35. The van der Waals surface area contributed by atoms with Crippen LogP contribution in [-0.4, -0.2) is 56.6 Å². The summed E-state index contributed by atoms with van der Waals surface area (Å²) in [6.07, 6.45) is 1.20. The van der Waals surface area contributed by atoms with Gasteiger partial charge in [0.1, 0.15) is 18.3 Å². The number of methoxy groups -OCH3 is 1. The van der Waals surface area contributed by atoms with Crippen molar-refractivity contribution in [3.8, 4) is 5.75 Å². The third-order valence-electron chi connectivity index (χ3n) is 6.10. The number of carbonyl (C=O) groups is 2. The molecule has 3 rings (SSSR count). The van der Waals surface area contributed by atoms with E-state index in [1.54, 1.807) is 30.3 Å². The second kappa shape index (κ2) is 13.6. The molecule has 0 aliphatic carbocycles. The molecular weight excluding hydrogens is 585 g/mol. The third kappa shape index (κ3) is 9.38. The third-order valence-corrected chi connectivity index (χ3v) is 7.70. The first-order valence-corrected chi connectivity index (χ1v) is 15.5. The number of sulfonamides is 1. The average Bonchev–Trinajstić information content (AvgIpc) is 2.88. The number of carbonyl (C=O) groups excluding carboxylic acids is 2. The van der Waals surface area contributed by atoms with Gasteiger partial charge >= 0.3 is 0 Å². The summed E-state index contributed by atoms with van der Waals surface area (Å²) in [5.74, 6) is -0.745. The number of amides is 2. The number of nitrogens with zero attached hydrogens (tertiary/aromatic N) is 2. The van der Waals surface area contributed by atoms with Gasteiger partial charge in [0.05, 0.1) is 19.1 Å². The normalized spacial score (nSPS) is 12.4. The van der Waals surface area contributed by atoms with Crippen molar-refractivity contribution >= 4 is 50.7 Å². The molecule has 1 atom stereocenters. The Hall–Kier alpha value is -3.27. The summed E-state index contributed by atoms with van der Waals surface area (Å²) >= 11 is 12.4. The second-order valence-corrected chi connectivity index (χ2v) is 13.5. The van der Waals surface area contributed by atoms with Gasteiger partial charge in [-0.2, -0.15) is 0 Å². The number of halogens is 2. The van der Waals surface area contributed by atoms with Crippen LogP contribution in [0.1, 0.15) is 31.9 Å². The van der Waals surface area contributed by atoms with E-state index in [0.717, 1.165) is 16.1 Å². The van der Waals surface area contributed by atoms with Gasteiger partial charge in [-0.1, -0.05) is 65.7 Å². The maximum Gasteiger partial charge on any atom is 0.244 e. The van der Waals surface area contributed by atoms with Gasteiger partial charge in [0.15, 0.2) is 0 Å². The van der Waals surface area contributed by atoms with E-state index in [1.807, 2.05) is 51.1 Å². The van der Waals surface area contributed by atoms with Crippen molar-refractivity contribution < 1.29 is 22.7 Å². The van der Waals surface area contributed by atoms with E-state index in [2.05, 4.69) is 5.32 Å². The number of hydrogen-bond acceptors (Lipinski definition) is 5. The fourth-order valence-corrected chi connectivity index (χ4v) is 5.52. The molecule has 0 unspecified atom stereocenters. The van der Waals surface area contributed by atoms with Crippen molar-refractivity contribution in [2.45, 2.75) is 45.3 Å². The van der Waals surface area contributed by atoms with Crippen molar-refractivity contribution in [1.29, 1.82) is 0 Å². The van der Waals surface area contributed by atoms with E-state index in [0.29, 0.717) is 10.6 Å². The van der Waals surface area contributed by atoms with Gasteiger partial charge in [0.2, 0.25) is 21.8 Å². The van der Waals surface area contributed by atoms with E-state index in [-0.39, 0.29) is 35.3 Å². The molecule has 1 N–H and O–H groups in total. The minimum Gasteiger partial charge on any atom is -0.495 e. The summed E-state index contributed by atoms with van der Waals surface area (Å²) in [6.45, 7) is 4.97. The lowest BCUT2D eigenvalue weighted by molar-refractivity contribution is -0.140. The standard InChI is InChI=1S/C30H35Cl2N3O5S/c1-30(2,3)33-29(37)26(17-21-10-7-6-8-11-21)34(19-22-12-9-13-23(31)16-22)28(36)20-35(41(5,38)39)25-18-24(32)14-15-27(25)40-4/h6-16,18,26H,17,19-20H2,1-5H3,(H,33,37)/t26-/m1/s1. The molecule has 0 heterocycles. The number of rotatable bonds is 11. The summed E-state index contributed by atoms with van der Waals surface area (Å²) in [7, 11) is -2.59. The molecule has 0 fully saturated rings. The molecule has 0 bridgehead atoms. The molecule has 41 heavy (non-hydrogen) atoms. The van der Waals surface area contributed by atoms with Crippen LogP contribution in [0.25, 0.3) is 0 Å². The first kappa shape index (κ1) is 32.2. The number of anilines is 1. The zero-order valence-corrected chi connectivity index (χ0v) is 26.1. The van der Waals surface area contributed by atoms with Crippen LogP contribution in [0.3, 0.4) is 0 Å². The number of hydrogen-bond donors (Lipinski definition) is 1. The first-order valence-electron chi connectivity index (χ1n) is 12.9. The fourth-order valence-electron chi connectivity index (χ4n) is 4.29. The minimum absolute atomic E-state index is 0.0126. The van der Waals surface area contributed by atoms with Crippen molar-refractivity contribution in [1.82, 2.24) is 10.2 Å². The molecule has 220 valence electrons. The van der Waals surface area contributed by atoms with Crippen LogP contribution < -0.4 is 14.4 Å². The molecule has 8 nitrogen and oxygen atoms in total. The van der Waals surface area contributed by atoms with E-state index in [1.165, 1.54) is 24.1 Å². The summed E-state index contributed by atoms with van der Waals surface area (Å²) in [5.41, 5.74) is 1.04. The van der Waals surface area contributed by atoms with Crippen molar-refractivity contribution in [2.75, 3.05) is 24.2 Å². The molecule has 3 aromatic rings. The molecule has 0 aliphatic rings. The molecule has 0 aromatic heterocycles. The Bertz CT molecular complexity index is 1480. The molecule has 0 spiro atoms. The highest BCUT2D eigenvalue weighted by Crippen LogP contribution is 2.33. The highest BCUT2D eigenvalue weighted by atomic mass is 35.5. The van der Waals surface area contributed by atoms with Crippen LogP contribution in [0, 0.1) is 0 Å². The lowest BCUT2D eigenvalue weighted by atomic mass is 10.0. The molecule has 0 radical (unpaired) electrons. The highest BCUT2D eigenvalue weighted by Gasteiger charge is 2.35. The molecule has 0 aliphatic heterocycles. The predicted octanol–water partition coefficient (Wildman–Crippen LogP) is 5.32. The molecule has 3 aromatic carbocycles. The molecule has 0 saturated heterocycles. The van der Waals surface area contributed by atoms with Crippen LogP contribution in [0.5, 0.6) is 5.75 Å². The number of nitrogens with one attached hydrogen (secondary N) is 1. The van der Waals surface area contributed by atoms with Gasteiger partial charge in [-0.25, -0.2) is 8.42 Å². The zero-order chi connectivity index (χ0) is 30.4. The van der Waals surface area contributed by atoms with Gasteiger partial charge in [-0.15, -0.1) is 0 Å². The Morgan fingerprint density at radius 1 is 0.927 bits per heavy atom. The second-order valence-electron chi connectivity index (χ2n) is 10.7. The molecule has 11 heteroatoms. The van der Waals surface area contributed by atoms with Gasteiger partial charge in [0.25, 0.3) is 0 Å². The Kier molecular flexibility index (Phi) is 10.7. The predicted molar refractivity (Wildman–Crippen MR) is 164 cm³/mol. The topological polar surface area (TPSA) is 96.0 Å². The summed E-state index contributed by atoms with van der Waals surface area (Å²) < 4.78 is 32.3. The smallest absolute Gasteiger partial charge is 0.244 e. The van der Waals surface area contributed by atoms with Crippen molar-refractivity contribution in [2.24, 2.45) is 0 Å². The van der Waals surface area contributed by atoms with Gasteiger partial charge in [0, 0.05) is 28.5 Å². The van der Waals surface area contributed by atoms with Gasteiger partial charge in [-0.05, 0) is 62.2 Å². The maximum absolute atomic E-state index is 14.2. The van der Waals surface area contributed by atoms with E-state index in [9.17, 15) is 18.0 Å². The van der Waals surface area contributed by atoms with Gasteiger partial charge < -0.3 is 15.0 Å². The van der Waals surface area contributed by atoms with E-state index < -0.39 is 34.1 Å². The lowest BCUT2D eigenvalue weighted by Crippen LogP contribution is -2.56. The van der Waals surface area contributed by atoms with Crippen LogP contribution in [0.4, 0.5) is 5.69 Å². The Morgan fingerprint density at radius 2 is 1.56 bits per heavy atom. The summed E-state index contributed by atoms with van der Waals surface area (Å²) in [4.78, 5) is 29.3. The van der Waals surface area contributed by atoms with Crippen LogP contribution in [-0.2, 0) is 32.6 Å². The SMILES string of the molecule is COc1ccc(Cl)cc1N(CC(=O)N(Cc1cccc(Cl)c1)[C@H](Cc1ccccc1)C(=O)NC(C)(C)C)S(C)(=O)=O. The Morgan fingerprint density at radius 3 is 2.15 bits per heavy atom. The fraction of sp³-hybridized carbons (Fsp3) is 0.333. The van der Waals surface area contributed by atoms with Crippen LogP contribution >= 0.6 is 23.2 Å². The van der Waals surface area contributed by atoms with E-state index >= 15 is 0 Å². The molecular formula is C30H35Cl2N3O5S. The first-order chi connectivity index (χ1) is 19.2. The van der Waals surface area contributed by atoms with Crippen molar-refractivity contribution in [3.05, 3.63) is 94.0 Å². The summed E-state index contributed by atoms with van der Waals surface area (Å²) in [6, 6.07) is 19.8. The minimum atomic E-state index is -3.98. The van der Waals surface area contributed by atoms with Crippen LogP contribution in [0.2, 0.25) is 10.0 Å². The number of ether oxygens (including phenoxy) is 1. The maximum atomic E-state index is 14.2. The molecule has 0 saturated carbocycles. The van der Waals surface area contributed by atoms with Gasteiger partial charge in [-0.3, -0.25) is 13.9 Å². The monoisotopic (exact) mass is 619 g/mol. The quantitative estimate of drug-likeness (QED) is 0.313. The Balaban J connectivity index is 2.12. The molecule has 2 amide bonds. The number of benzene rings is 3. The van der Waals surface area contributed by atoms with Crippen LogP contribution in [0.15, 0.2) is 72.8 Å².